The van der Waals surface area contributed by atoms with Crippen LogP contribution in [0.1, 0.15) is 18.1 Å². The lowest BCUT2D eigenvalue weighted by Crippen LogP contribution is -1.92. The lowest BCUT2D eigenvalue weighted by Gasteiger charge is -2.03. The molecule has 0 fully saturated rings. The van der Waals surface area contributed by atoms with Crippen LogP contribution in [0.4, 0.5) is 10.3 Å². The molecule has 1 heterocycles. The van der Waals surface area contributed by atoms with E-state index in [2.05, 4.69) is 5.16 Å². The molecule has 4 heteroatoms. The molecule has 0 saturated carbocycles. The summed E-state index contributed by atoms with van der Waals surface area (Å²) < 4.78 is 18.1. The molecule has 2 aromatic rings. The van der Waals surface area contributed by atoms with E-state index in [0.717, 1.165) is 16.7 Å². The Labute approximate surface area is 93.1 Å². The first-order valence-electron chi connectivity index (χ1n) is 5.14. The minimum absolute atomic E-state index is 0.288. The van der Waals surface area contributed by atoms with E-state index in [4.69, 9.17) is 10.3 Å². The zero-order chi connectivity index (χ0) is 11.7. The molecule has 0 saturated heterocycles. The Balaban J connectivity index is 2.62. The maximum atomic E-state index is 13.2. The third kappa shape index (κ3) is 1.66. The van der Waals surface area contributed by atoms with E-state index < -0.39 is 0 Å². The number of aromatic nitrogens is 1. The quantitative estimate of drug-likeness (QED) is 0.846. The van der Waals surface area contributed by atoms with E-state index in [1.54, 1.807) is 6.07 Å². The molecule has 0 amide bonds. The number of nitrogen functional groups attached to an aromatic ring is 1. The molecule has 0 aliphatic rings. The van der Waals surface area contributed by atoms with Crippen molar-refractivity contribution in [2.45, 2.75) is 20.3 Å². The maximum Gasteiger partial charge on any atom is 0.225 e. The average Bonchev–Trinajstić information content (AvgIpc) is 2.63. The molecule has 0 unspecified atom stereocenters. The molecule has 1 aromatic heterocycles. The Morgan fingerprint density at radius 3 is 2.88 bits per heavy atom. The van der Waals surface area contributed by atoms with E-state index in [1.165, 1.54) is 12.1 Å². The van der Waals surface area contributed by atoms with Crippen LogP contribution in [0.25, 0.3) is 11.3 Å². The fourth-order valence-corrected chi connectivity index (χ4v) is 1.72. The molecule has 0 aliphatic carbocycles. The summed E-state index contributed by atoms with van der Waals surface area (Å²) in [6, 6.07) is 4.59. The highest BCUT2D eigenvalue weighted by molar-refractivity contribution is 5.69. The maximum absolute atomic E-state index is 13.2. The van der Waals surface area contributed by atoms with Crippen LogP contribution in [-0.4, -0.2) is 5.16 Å². The van der Waals surface area contributed by atoms with Crippen LogP contribution in [0.3, 0.4) is 0 Å². The zero-order valence-corrected chi connectivity index (χ0v) is 9.25. The summed E-state index contributed by atoms with van der Waals surface area (Å²) in [5.41, 5.74) is 8.80. The van der Waals surface area contributed by atoms with Crippen molar-refractivity contribution < 1.29 is 8.91 Å². The number of hydrogen-bond acceptors (Lipinski definition) is 3. The van der Waals surface area contributed by atoms with Gasteiger partial charge in [0.05, 0.1) is 0 Å². The van der Waals surface area contributed by atoms with Crippen LogP contribution in [0.2, 0.25) is 0 Å². The smallest absolute Gasteiger partial charge is 0.225 e. The molecule has 0 spiro atoms. The van der Waals surface area contributed by atoms with Crippen molar-refractivity contribution in [2.75, 3.05) is 5.73 Å². The molecule has 0 aliphatic heterocycles. The Morgan fingerprint density at radius 2 is 2.19 bits per heavy atom. The van der Waals surface area contributed by atoms with E-state index in [-0.39, 0.29) is 5.82 Å². The molecule has 0 radical (unpaired) electrons. The van der Waals surface area contributed by atoms with Crippen molar-refractivity contribution in [3.8, 4) is 11.3 Å². The molecule has 84 valence electrons. The van der Waals surface area contributed by atoms with Crippen LogP contribution < -0.4 is 5.73 Å². The number of hydrogen-bond donors (Lipinski definition) is 1. The zero-order valence-electron chi connectivity index (χ0n) is 9.25. The molecule has 0 atom stereocenters. The Morgan fingerprint density at radius 1 is 1.44 bits per heavy atom. The van der Waals surface area contributed by atoms with Gasteiger partial charge in [-0.1, -0.05) is 18.1 Å². The van der Waals surface area contributed by atoms with Gasteiger partial charge in [0.2, 0.25) is 5.88 Å². The van der Waals surface area contributed by atoms with Crippen molar-refractivity contribution in [3.05, 3.63) is 35.1 Å². The lowest BCUT2D eigenvalue weighted by molar-refractivity contribution is 0.438. The fourth-order valence-electron chi connectivity index (χ4n) is 1.72. The topological polar surface area (TPSA) is 52.0 Å². The summed E-state index contributed by atoms with van der Waals surface area (Å²) in [6.07, 6.45) is 0.709. The van der Waals surface area contributed by atoms with E-state index in [0.29, 0.717) is 18.0 Å². The molecule has 0 bridgehead atoms. The third-order valence-electron chi connectivity index (χ3n) is 2.63. The van der Waals surface area contributed by atoms with Crippen molar-refractivity contribution >= 4 is 5.88 Å². The van der Waals surface area contributed by atoms with Crippen LogP contribution in [0.5, 0.6) is 0 Å². The second-order valence-electron chi connectivity index (χ2n) is 3.69. The largest absolute Gasteiger partial charge is 0.367 e. The van der Waals surface area contributed by atoms with Gasteiger partial charge in [-0.05, 0) is 31.0 Å². The van der Waals surface area contributed by atoms with Gasteiger partial charge in [-0.15, -0.1) is 0 Å². The number of halogens is 1. The van der Waals surface area contributed by atoms with Gasteiger partial charge >= 0.3 is 0 Å². The number of rotatable bonds is 2. The monoisotopic (exact) mass is 220 g/mol. The van der Waals surface area contributed by atoms with Crippen LogP contribution >= 0.6 is 0 Å². The van der Waals surface area contributed by atoms with Gasteiger partial charge in [-0.2, -0.15) is 0 Å². The summed E-state index contributed by atoms with van der Waals surface area (Å²) in [7, 11) is 0. The highest BCUT2D eigenvalue weighted by Crippen LogP contribution is 2.30. The number of anilines is 1. The normalized spacial score (nSPS) is 10.7. The number of nitrogens with two attached hydrogens (primary N) is 1. The molecule has 2 rings (SSSR count). The highest BCUT2D eigenvalue weighted by atomic mass is 19.1. The van der Waals surface area contributed by atoms with Crippen LogP contribution in [-0.2, 0) is 6.42 Å². The molecule has 1 aromatic carbocycles. The van der Waals surface area contributed by atoms with Crippen molar-refractivity contribution in [3.63, 3.8) is 0 Å². The summed E-state index contributed by atoms with van der Waals surface area (Å²) in [5, 5.41) is 3.89. The number of nitrogens with zero attached hydrogens (tertiary/aromatic N) is 1. The predicted molar refractivity (Wildman–Crippen MR) is 60.4 cm³/mol. The summed E-state index contributed by atoms with van der Waals surface area (Å²) >= 11 is 0. The van der Waals surface area contributed by atoms with Crippen LogP contribution in [0, 0.1) is 12.7 Å². The minimum Gasteiger partial charge on any atom is -0.367 e. The van der Waals surface area contributed by atoms with Gasteiger partial charge in [-0.3, -0.25) is 0 Å². The first-order valence-corrected chi connectivity index (χ1v) is 5.14. The van der Waals surface area contributed by atoms with Gasteiger partial charge < -0.3 is 10.3 Å². The van der Waals surface area contributed by atoms with Crippen LogP contribution in [0.15, 0.2) is 22.7 Å². The SMILES string of the molecule is CCc1c(-c2cc(F)ccc2C)noc1N. The summed E-state index contributed by atoms with van der Waals surface area (Å²) in [5.74, 6) is 0.0189. The second kappa shape index (κ2) is 3.96. The summed E-state index contributed by atoms with van der Waals surface area (Å²) in [4.78, 5) is 0. The molecule has 16 heavy (non-hydrogen) atoms. The van der Waals surface area contributed by atoms with E-state index in [1.807, 2.05) is 13.8 Å². The Bertz CT molecular complexity index is 520. The Hall–Kier alpha value is -1.84. The third-order valence-corrected chi connectivity index (χ3v) is 2.63. The van der Waals surface area contributed by atoms with Gasteiger partial charge in [0.15, 0.2) is 0 Å². The van der Waals surface area contributed by atoms with Gasteiger partial charge in [-0.25, -0.2) is 4.39 Å². The first kappa shape index (κ1) is 10.7. The summed E-state index contributed by atoms with van der Waals surface area (Å²) in [6.45, 7) is 3.86. The Kier molecular flexibility index (Phi) is 2.64. The lowest BCUT2D eigenvalue weighted by atomic mass is 10.0. The molecular formula is C12H13FN2O. The first-order chi connectivity index (χ1) is 7.63. The van der Waals surface area contributed by atoms with Crippen molar-refractivity contribution in [2.24, 2.45) is 0 Å². The van der Waals surface area contributed by atoms with Crippen molar-refractivity contribution in [1.29, 1.82) is 0 Å². The minimum atomic E-state index is -0.288. The second-order valence-corrected chi connectivity index (χ2v) is 3.69. The highest BCUT2D eigenvalue weighted by Gasteiger charge is 2.15. The van der Waals surface area contributed by atoms with Gasteiger partial charge in [0, 0.05) is 11.1 Å². The van der Waals surface area contributed by atoms with Gasteiger partial charge in [0.1, 0.15) is 11.5 Å². The number of benzene rings is 1. The number of aryl methyl sites for hydroxylation is 1. The molecule has 3 nitrogen and oxygen atoms in total. The van der Waals surface area contributed by atoms with E-state index in [9.17, 15) is 4.39 Å². The molecular weight excluding hydrogens is 207 g/mol. The fraction of sp³-hybridized carbons (Fsp3) is 0.250. The van der Waals surface area contributed by atoms with E-state index >= 15 is 0 Å². The molecule has 2 N–H and O–H groups in total. The van der Waals surface area contributed by atoms with Gasteiger partial charge in [0.25, 0.3) is 0 Å². The standard InChI is InChI=1S/C12H13FN2O/c1-3-9-11(15-16-12(9)14)10-6-8(13)5-4-7(10)2/h4-6H,3,14H2,1-2H3. The van der Waals surface area contributed by atoms with Crippen molar-refractivity contribution in [1.82, 2.24) is 5.16 Å². The average molecular weight is 220 g/mol. The predicted octanol–water partition coefficient (Wildman–Crippen LogP) is 2.93.